The predicted octanol–water partition coefficient (Wildman–Crippen LogP) is 15.1. The lowest BCUT2D eigenvalue weighted by atomic mass is 9.93. The van der Waals surface area contributed by atoms with Gasteiger partial charge in [-0.3, -0.25) is 55.4 Å². The van der Waals surface area contributed by atoms with Crippen molar-refractivity contribution in [3.63, 3.8) is 0 Å². The largest absolute Gasteiger partial charge is 0.497 e. The molecule has 0 unspecified atom stereocenters. The number of hydrogen-bond donors (Lipinski definition) is 5. The molecule has 0 amide bonds. The second-order valence-corrected chi connectivity index (χ2v) is 41.2. The molecule has 7 aromatic rings. The van der Waals surface area contributed by atoms with Gasteiger partial charge >= 0.3 is 0 Å². The van der Waals surface area contributed by atoms with Gasteiger partial charge in [-0.15, -0.1) is 0 Å². The number of nitrogens with one attached hydrogen (secondary N) is 2. The lowest BCUT2D eigenvalue weighted by Crippen LogP contribution is -2.50. The van der Waals surface area contributed by atoms with Gasteiger partial charge in [0.05, 0.1) is 105 Å². The number of rotatable bonds is 25. The molecule has 8 N–H and O–H groups in total. The summed E-state index contributed by atoms with van der Waals surface area (Å²) in [5.74, 6) is -4.78. The van der Waals surface area contributed by atoms with Gasteiger partial charge in [0, 0.05) is 116 Å². The van der Waals surface area contributed by atoms with E-state index in [0.717, 1.165) is 125 Å². The molecule has 5 atom stereocenters. The highest BCUT2D eigenvalue weighted by molar-refractivity contribution is 7.91. The fraction of sp³-hybridized carbons (Fsp3) is 0.444. The number of sulfonamides is 3. The summed E-state index contributed by atoms with van der Waals surface area (Å²) in [6.07, 6.45) is 1.19. The van der Waals surface area contributed by atoms with E-state index < -0.39 is 165 Å². The van der Waals surface area contributed by atoms with E-state index in [1.54, 1.807) is 62.8 Å². The van der Waals surface area contributed by atoms with Gasteiger partial charge in [-0.05, 0) is 149 Å². The Morgan fingerprint density at radius 2 is 0.961 bits per heavy atom. The van der Waals surface area contributed by atoms with Crippen molar-refractivity contribution in [1.82, 2.24) is 18.1 Å². The topological polar surface area (TPSA) is 555 Å². The number of carbonyl (C=O) groups excluding carboxylic acids is 1. The van der Waals surface area contributed by atoms with Crippen LogP contribution in [0.4, 0.5) is 50.4 Å². The lowest BCUT2D eigenvalue weighted by Gasteiger charge is -2.34. The second-order valence-electron chi connectivity index (χ2n) is 29.0. The number of aliphatic imine (C=N–C) groups is 1. The standard InChI is InChI=1S/C15H23FN2O5S2.C12H15FN2O3S.C11H13FN4O4S.C10H14FN3O4S.C10H15NO3S.C8H6FNO3.C8H11NO.7CH4/c1-6-25(22,23)10-15(5,17-24(21)14(2,3)4)12-9-11(18(19)20)7-8-13(12)16;1-8(14-19(18)12(2,3)4)10-7-9(15(16)17)5-6-11(10)13;1-11(6-21(19,20)15(2)10(13)14-11)8-5-7(16(17)18)3-4-9(8)12;1-10(12,6-19(17,18)13-2)8-5-7(14(15)16)3-4-9(8)11;1-11(15(3,12)13)8-9-4-6-10(14-2)7-5-9;1-5(11)7-4-6(10(12)13)2-3-8(7)9;1-10-8-4-2-7(6-9)3-5-8;;;;;;;/h7-9,17H,6,10H2,1-5H3;5-7H,1-4H3;3-5H,6H2,1-2H3,(H2,13,14);3-5,13H,6,12H2,1-2H3;4-7H,8H2,1-3H3;2-4H,1H3;2-5H,6,9H2,1H3;7*1H4/t15-,24+;19-;11-;10-;;;;;;;;;;/m0100........../s1. The first-order valence-electron chi connectivity index (χ1n) is 35.3. The molecule has 728 valence electrons. The summed E-state index contributed by atoms with van der Waals surface area (Å²) in [6.45, 7) is 19.3. The summed E-state index contributed by atoms with van der Waals surface area (Å²) in [5.41, 5.74) is 11.8. The molecule has 0 aromatic heterocycles. The van der Waals surface area contributed by atoms with Gasteiger partial charge in [-0.1, -0.05) is 83.2 Å². The van der Waals surface area contributed by atoms with Crippen LogP contribution in [-0.2, 0) is 91.6 Å². The minimum absolute atomic E-state index is 0. The number of benzene rings is 7. The molecule has 37 nitrogen and oxygen atoms in total. The van der Waals surface area contributed by atoms with Gasteiger partial charge in [-0.25, -0.2) is 87.1 Å². The summed E-state index contributed by atoms with van der Waals surface area (Å²) < 4.78 is 206. The van der Waals surface area contributed by atoms with Crippen molar-refractivity contribution in [3.05, 3.63) is 258 Å². The third-order valence-electron chi connectivity index (χ3n) is 16.8. The number of halogens is 5. The van der Waals surface area contributed by atoms with Crippen molar-refractivity contribution in [2.24, 2.45) is 26.6 Å². The summed E-state index contributed by atoms with van der Waals surface area (Å²) >= 11 is 0. The van der Waals surface area contributed by atoms with Crippen LogP contribution in [0.25, 0.3) is 0 Å². The Morgan fingerprint density at radius 1 is 0.597 bits per heavy atom. The first-order valence-corrected chi connectivity index (χ1v) is 44.5. The Morgan fingerprint density at radius 3 is 1.32 bits per heavy atom. The molecule has 0 saturated heterocycles. The fourth-order valence-electron chi connectivity index (χ4n) is 9.83. The minimum Gasteiger partial charge on any atom is -0.497 e. The van der Waals surface area contributed by atoms with Crippen LogP contribution >= 0.6 is 0 Å². The van der Waals surface area contributed by atoms with Crippen LogP contribution in [0, 0.1) is 79.7 Å². The van der Waals surface area contributed by atoms with E-state index in [4.69, 9.17) is 26.7 Å². The number of guanidine groups is 1. The van der Waals surface area contributed by atoms with Gasteiger partial charge in [0.1, 0.15) is 57.1 Å². The zero-order valence-corrected chi connectivity index (χ0v) is 74.4. The van der Waals surface area contributed by atoms with E-state index in [-0.39, 0.29) is 126 Å². The zero-order valence-electron chi connectivity index (χ0n) is 69.5. The van der Waals surface area contributed by atoms with E-state index >= 15 is 0 Å². The first-order chi connectivity index (χ1) is 55.8. The van der Waals surface area contributed by atoms with Crippen LogP contribution in [0.5, 0.6) is 11.5 Å². The van der Waals surface area contributed by atoms with Gasteiger partial charge in [0.2, 0.25) is 36.0 Å². The second kappa shape index (κ2) is 54.1. The van der Waals surface area contributed by atoms with Crippen LogP contribution in [0.15, 0.2) is 149 Å². The van der Waals surface area contributed by atoms with Gasteiger partial charge in [-0.2, -0.15) is 4.40 Å². The van der Waals surface area contributed by atoms with E-state index in [9.17, 15) is 119 Å². The van der Waals surface area contributed by atoms with Gasteiger partial charge < -0.3 is 26.7 Å². The van der Waals surface area contributed by atoms with Crippen molar-refractivity contribution in [3.8, 4) is 11.5 Å². The van der Waals surface area contributed by atoms with Gasteiger partial charge in [0.15, 0.2) is 15.6 Å². The molecule has 1 aliphatic rings. The van der Waals surface area contributed by atoms with Crippen LogP contribution in [-0.4, -0.2) is 167 Å². The number of nitro groups is 5. The highest BCUT2D eigenvalue weighted by Crippen LogP contribution is 2.36. The number of non-ortho nitro benzene ring substituents is 5. The summed E-state index contributed by atoms with van der Waals surface area (Å²) in [4.78, 5) is 64.7. The Hall–Kier alpha value is -10.7. The number of ketones is 1. The number of carbonyl (C=O) groups is 1. The molecular weight excluding hydrogens is 1820 g/mol. The monoisotopic (exact) mass is 1950 g/mol. The van der Waals surface area contributed by atoms with Crippen molar-refractivity contribution in [2.75, 3.05) is 64.6 Å². The number of methoxy groups -OCH3 is 2. The highest BCUT2D eigenvalue weighted by Gasteiger charge is 2.43. The fourth-order valence-corrected chi connectivity index (χ4v) is 15.7. The average molecular weight is 1950 g/mol. The van der Waals surface area contributed by atoms with Gasteiger partial charge in [0.25, 0.3) is 28.4 Å². The molecule has 0 fully saturated rings. The smallest absolute Gasteiger partial charge is 0.270 e. The molecule has 48 heteroatoms. The van der Waals surface area contributed by atoms with Crippen LogP contribution in [0.1, 0.15) is 179 Å². The molecule has 7 aromatic carbocycles. The molecular formula is C81H125F5N14O23S6. The maximum Gasteiger partial charge on any atom is 0.270 e. The summed E-state index contributed by atoms with van der Waals surface area (Å²) in [5, 5.41) is 53.3. The SMILES string of the molecule is C.C.C.C.C.C.C.CC(=N[S@](=O)C(C)(C)C)c1cc([N+](=O)[O-])ccc1F.CC(=O)c1cc([N+](=O)[O-])ccc1F.CCS(=O)(=O)C[C@](C)(N[S@](=O)C(C)(C)C)c1cc([N+](=O)[O-])ccc1F.CN1C(N)=N[C@](C)(c2cc([N+](=O)[O-])ccc2F)CS1(=O)=O.CNS(=O)(=O)C[C@](C)(N)c1cc([N+](=O)[O-])ccc1F.COc1ccc(CN(C)S(C)(=O)=O)cc1.COc1ccc(CN)cc1. The van der Waals surface area contributed by atoms with E-state index in [1.807, 2.05) is 48.5 Å². The number of Topliss-reactive ketones (excluding diaryl/α,β-unsaturated/α-hetero) is 1. The Bertz CT molecular complexity index is 5520. The van der Waals surface area contributed by atoms with E-state index in [1.165, 1.54) is 59.3 Å². The zero-order chi connectivity index (χ0) is 94.1. The molecule has 1 aliphatic heterocycles. The van der Waals surface area contributed by atoms with Crippen molar-refractivity contribution < 1.29 is 103 Å². The minimum atomic E-state index is -3.78. The number of nitro benzene ring substituents is 5. The Labute approximate surface area is 759 Å². The van der Waals surface area contributed by atoms with Crippen LogP contribution in [0.3, 0.4) is 0 Å². The number of nitrogens with zero attached hydrogens (tertiary/aromatic N) is 9. The molecule has 129 heavy (non-hydrogen) atoms. The molecule has 0 spiro atoms. The molecule has 0 bridgehead atoms. The van der Waals surface area contributed by atoms with Crippen molar-refractivity contribution >= 4 is 108 Å². The number of nitrogens with two attached hydrogens (primary N) is 3. The predicted molar refractivity (Wildman–Crippen MR) is 500 cm³/mol. The van der Waals surface area contributed by atoms with E-state index in [2.05, 4.69) is 18.8 Å². The van der Waals surface area contributed by atoms with E-state index in [0.29, 0.717) is 13.1 Å². The average Bonchev–Trinajstić information content (AvgIpc) is 0.755. The third-order valence-corrected chi connectivity index (χ3v) is 26.8. The first kappa shape index (κ1) is 129. The van der Waals surface area contributed by atoms with Crippen molar-refractivity contribution in [1.29, 1.82) is 0 Å². The Balaban J connectivity index is -0.000000344. The number of hydrogen-bond acceptors (Lipinski definition) is 27. The molecule has 0 radical (unpaired) electrons. The number of sulfone groups is 1. The molecule has 1 heterocycles. The lowest BCUT2D eigenvalue weighted by molar-refractivity contribution is -0.385. The maximum atomic E-state index is 14.4. The molecule has 0 aliphatic carbocycles. The summed E-state index contributed by atoms with van der Waals surface area (Å²) in [6, 6.07) is 29.7. The number of ether oxygens (including phenoxy) is 2. The van der Waals surface area contributed by atoms with Crippen molar-refractivity contribution in [2.45, 2.75) is 174 Å². The summed E-state index contributed by atoms with van der Waals surface area (Å²) in [7, 11) is -10.2. The normalized spacial score (nSPS) is 14.5. The highest BCUT2D eigenvalue weighted by atomic mass is 32.2. The Kier molecular flexibility index (Phi) is 54.1. The molecule has 8 rings (SSSR count). The van der Waals surface area contributed by atoms with Crippen LogP contribution in [0.2, 0.25) is 0 Å². The molecule has 0 saturated carbocycles. The van der Waals surface area contributed by atoms with Crippen LogP contribution < -0.4 is 36.1 Å². The maximum absolute atomic E-state index is 14.4. The third kappa shape index (κ3) is 40.5. The quantitative estimate of drug-likeness (QED) is 0.0117.